The molecular formula is C14H20N2. The molecule has 4 atom stereocenters. The van der Waals surface area contributed by atoms with Gasteiger partial charge in [0.15, 0.2) is 0 Å². The van der Waals surface area contributed by atoms with Crippen molar-refractivity contribution in [1.82, 2.24) is 0 Å². The average molecular weight is 216 g/mol. The van der Waals surface area contributed by atoms with Crippen LogP contribution in [0.3, 0.4) is 0 Å². The molecule has 1 saturated carbocycles. The summed E-state index contributed by atoms with van der Waals surface area (Å²) < 4.78 is 0. The Bertz CT molecular complexity index is 308. The Hall–Kier alpha value is -1.28. The van der Waals surface area contributed by atoms with E-state index in [0.717, 1.165) is 25.7 Å². The van der Waals surface area contributed by atoms with Gasteiger partial charge in [0.2, 0.25) is 0 Å². The minimum atomic E-state index is 0.152. The molecule has 0 amide bonds. The van der Waals surface area contributed by atoms with Gasteiger partial charge in [-0.3, -0.25) is 0 Å². The van der Waals surface area contributed by atoms with Gasteiger partial charge < -0.3 is 0 Å². The topological polar surface area (TPSA) is 47.6 Å². The van der Waals surface area contributed by atoms with E-state index in [4.69, 9.17) is 10.5 Å². The van der Waals surface area contributed by atoms with Crippen LogP contribution in [-0.4, -0.2) is 0 Å². The van der Waals surface area contributed by atoms with E-state index in [1.165, 1.54) is 0 Å². The van der Waals surface area contributed by atoms with Crippen LogP contribution < -0.4 is 0 Å². The second-order valence-corrected chi connectivity index (χ2v) is 4.85. The molecule has 2 nitrogen and oxygen atoms in total. The third-order valence-electron chi connectivity index (χ3n) is 3.93. The molecule has 0 aromatic rings. The van der Waals surface area contributed by atoms with E-state index in [0.29, 0.717) is 24.2 Å². The second-order valence-electron chi connectivity index (χ2n) is 4.85. The predicted molar refractivity (Wildman–Crippen MR) is 64.1 cm³/mol. The summed E-state index contributed by atoms with van der Waals surface area (Å²) in [6.45, 7) is 5.91. The molecule has 0 N–H and O–H groups in total. The summed E-state index contributed by atoms with van der Waals surface area (Å²) in [5.41, 5.74) is 0. The van der Waals surface area contributed by atoms with E-state index in [2.05, 4.69) is 18.7 Å². The SMILES string of the molecule is C=CC1CC(C(C)C#N)CCC1CCC#N. The zero-order valence-electron chi connectivity index (χ0n) is 10.0. The molecule has 4 unspecified atom stereocenters. The molecule has 0 aromatic carbocycles. The maximum atomic E-state index is 8.93. The Morgan fingerprint density at radius 3 is 2.75 bits per heavy atom. The van der Waals surface area contributed by atoms with Gasteiger partial charge in [0.05, 0.1) is 12.1 Å². The van der Waals surface area contributed by atoms with Gasteiger partial charge in [-0.05, 0) is 50.4 Å². The number of hydrogen-bond acceptors (Lipinski definition) is 2. The quantitative estimate of drug-likeness (QED) is 0.673. The first-order chi connectivity index (χ1) is 7.72. The van der Waals surface area contributed by atoms with Gasteiger partial charge in [0, 0.05) is 12.3 Å². The third-order valence-corrected chi connectivity index (χ3v) is 3.93. The summed E-state index contributed by atoms with van der Waals surface area (Å²) in [6.07, 6.45) is 7.02. The highest BCUT2D eigenvalue weighted by Crippen LogP contribution is 2.39. The monoisotopic (exact) mass is 216 g/mol. The summed E-state index contributed by atoms with van der Waals surface area (Å²) in [4.78, 5) is 0. The van der Waals surface area contributed by atoms with Crippen LogP contribution in [0, 0.1) is 46.3 Å². The van der Waals surface area contributed by atoms with E-state index in [-0.39, 0.29) is 5.92 Å². The maximum Gasteiger partial charge on any atom is 0.0655 e. The summed E-state index contributed by atoms with van der Waals surface area (Å²) in [6, 6.07) is 4.57. The molecule has 86 valence electrons. The maximum absolute atomic E-state index is 8.93. The largest absolute Gasteiger partial charge is 0.198 e. The van der Waals surface area contributed by atoms with Gasteiger partial charge in [0.1, 0.15) is 0 Å². The summed E-state index contributed by atoms with van der Waals surface area (Å²) in [5, 5.41) is 17.5. The lowest BCUT2D eigenvalue weighted by atomic mass is 9.69. The van der Waals surface area contributed by atoms with Crippen LogP contribution in [0.25, 0.3) is 0 Å². The van der Waals surface area contributed by atoms with Crippen molar-refractivity contribution in [1.29, 1.82) is 10.5 Å². The standard InChI is InChI=1S/C14H20N2/c1-3-12-9-14(11(2)10-16)7-6-13(12)5-4-8-15/h3,11-14H,1,4-7,9H2,2H3. The van der Waals surface area contributed by atoms with Crippen molar-refractivity contribution in [3.8, 4) is 12.1 Å². The molecule has 1 aliphatic carbocycles. The van der Waals surface area contributed by atoms with E-state index in [9.17, 15) is 0 Å². The van der Waals surface area contributed by atoms with Crippen LogP contribution in [0.15, 0.2) is 12.7 Å². The van der Waals surface area contributed by atoms with Crippen LogP contribution in [0.4, 0.5) is 0 Å². The lowest BCUT2D eigenvalue weighted by Gasteiger charge is -2.35. The van der Waals surface area contributed by atoms with Gasteiger partial charge >= 0.3 is 0 Å². The first-order valence-electron chi connectivity index (χ1n) is 6.12. The second kappa shape index (κ2) is 6.33. The molecule has 0 aliphatic heterocycles. The zero-order chi connectivity index (χ0) is 12.0. The first kappa shape index (κ1) is 12.8. The smallest absolute Gasteiger partial charge is 0.0655 e. The van der Waals surface area contributed by atoms with Crippen LogP contribution in [0.1, 0.15) is 39.0 Å². The van der Waals surface area contributed by atoms with Gasteiger partial charge in [-0.1, -0.05) is 6.08 Å². The van der Waals surface area contributed by atoms with Crippen molar-refractivity contribution < 1.29 is 0 Å². The highest BCUT2D eigenvalue weighted by molar-refractivity contribution is 4.95. The van der Waals surface area contributed by atoms with Gasteiger partial charge in [0.25, 0.3) is 0 Å². The highest BCUT2D eigenvalue weighted by Gasteiger charge is 2.30. The fraction of sp³-hybridized carbons (Fsp3) is 0.714. The fourth-order valence-corrected chi connectivity index (χ4v) is 2.76. The van der Waals surface area contributed by atoms with Crippen molar-refractivity contribution in [3.05, 3.63) is 12.7 Å². The normalized spacial score (nSPS) is 31.1. The highest BCUT2D eigenvalue weighted by atomic mass is 14.4. The lowest BCUT2D eigenvalue weighted by Crippen LogP contribution is -2.26. The Morgan fingerprint density at radius 2 is 2.19 bits per heavy atom. The van der Waals surface area contributed by atoms with Crippen LogP contribution in [0.2, 0.25) is 0 Å². The Labute approximate surface area is 98.6 Å². The third kappa shape index (κ3) is 3.11. The molecule has 0 saturated heterocycles. The Kier molecular flexibility index (Phi) is 5.06. The summed E-state index contributed by atoms with van der Waals surface area (Å²) >= 11 is 0. The lowest BCUT2D eigenvalue weighted by molar-refractivity contribution is 0.183. The van der Waals surface area contributed by atoms with Gasteiger partial charge in [-0.25, -0.2) is 0 Å². The number of allylic oxidation sites excluding steroid dienone is 1. The fourth-order valence-electron chi connectivity index (χ4n) is 2.76. The van der Waals surface area contributed by atoms with Crippen molar-refractivity contribution in [3.63, 3.8) is 0 Å². The molecule has 0 spiro atoms. The summed E-state index contributed by atoms with van der Waals surface area (Å²) in [7, 11) is 0. The average Bonchev–Trinajstić information content (AvgIpc) is 2.35. The van der Waals surface area contributed by atoms with E-state index < -0.39 is 0 Å². The molecule has 0 heterocycles. The van der Waals surface area contributed by atoms with E-state index in [1.807, 2.05) is 13.0 Å². The minimum absolute atomic E-state index is 0.152. The molecule has 1 rings (SSSR count). The van der Waals surface area contributed by atoms with E-state index >= 15 is 0 Å². The number of nitrogens with zero attached hydrogens (tertiary/aromatic N) is 2. The Balaban J connectivity index is 2.54. The molecule has 0 aromatic heterocycles. The van der Waals surface area contributed by atoms with Crippen LogP contribution in [0.5, 0.6) is 0 Å². The van der Waals surface area contributed by atoms with Crippen molar-refractivity contribution >= 4 is 0 Å². The number of rotatable bonds is 4. The summed E-state index contributed by atoms with van der Waals surface area (Å²) in [5.74, 6) is 1.79. The van der Waals surface area contributed by atoms with Crippen molar-refractivity contribution in [2.75, 3.05) is 0 Å². The first-order valence-corrected chi connectivity index (χ1v) is 6.12. The van der Waals surface area contributed by atoms with Gasteiger partial charge in [-0.15, -0.1) is 6.58 Å². The van der Waals surface area contributed by atoms with Gasteiger partial charge in [-0.2, -0.15) is 10.5 Å². The van der Waals surface area contributed by atoms with Crippen molar-refractivity contribution in [2.24, 2.45) is 23.7 Å². The molecule has 16 heavy (non-hydrogen) atoms. The van der Waals surface area contributed by atoms with Crippen LogP contribution in [-0.2, 0) is 0 Å². The molecule has 1 aliphatic rings. The number of nitriles is 2. The number of hydrogen-bond donors (Lipinski definition) is 0. The molecular weight excluding hydrogens is 196 g/mol. The van der Waals surface area contributed by atoms with Crippen molar-refractivity contribution in [2.45, 2.75) is 39.0 Å². The van der Waals surface area contributed by atoms with Crippen LogP contribution >= 0.6 is 0 Å². The minimum Gasteiger partial charge on any atom is -0.198 e. The molecule has 1 fully saturated rings. The predicted octanol–water partition coefficient (Wildman–Crippen LogP) is 3.67. The van der Waals surface area contributed by atoms with E-state index in [1.54, 1.807) is 0 Å². The molecule has 0 radical (unpaired) electrons. The Morgan fingerprint density at radius 1 is 1.44 bits per heavy atom. The molecule has 2 heteroatoms. The zero-order valence-corrected chi connectivity index (χ0v) is 10.0. The molecule has 0 bridgehead atoms.